The molecule has 2 rings (SSSR count). The maximum atomic E-state index is 11.7. The van der Waals surface area contributed by atoms with Crippen LogP contribution in [0.2, 0.25) is 0 Å². The van der Waals surface area contributed by atoms with Crippen molar-refractivity contribution < 1.29 is 19.8 Å². The molecule has 1 aliphatic carbocycles. The number of Topliss-reactive ketones (excluding diaryl/α,β-unsaturated/α-hetero) is 1. The molecule has 1 aromatic carbocycles. The van der Waals surface area contributed by atoms with Crippen molar-refractivity contribution in [2.24, 2.45) is 0 Å². The number of hydrogen-bond acceptors (Lipinski definition) is 4. The predicted octanol–water partition coefficient (Wildman–Crippen LogP) is -0.0564. The van der Waals surface area contributed by atoms with Gasteiger partial charge in [0.1, 0.15) is 6.10 Å². The van der Waals surface area contributed by atoms with Gasteiger partial charge in [-0.25, -0.2) is 0 Å². The summed E-state index contributed by atoms with van der Waals surface area (Å²) in [5.74, 6) is -1.27. The van der Waals surface area contributed by atoms with Gasteiger partial charge in [-0.05, 0) is 11.6 Å². The van der Waals surface area contributed by atoms with Gasteiger partial charge in [-0.3, -0.25) is 9.59 Å². The third-order valence-corrected chi connectivity index (χ3v) is 2.50. The van der Waals surface area contributed by atoms with Crippen LogP contribution in [0.3, 0.4) is 0 Å². The van der Waals surface area contributed by atoms with Crippen molar-refractivity contribution in [2.45, 2.75) is 12.2 Å². The summed E-state index contributed by atoms with van der Waals surface area (Å²) < 4.78 is 0. The highest BCUT2D eigenvalue weighted by Crippen LogP contribution is 2.22. The maximum Gasteiger partial charge on any atom is 0.195 e. The molecule has 1 aromatic rings. The second-order valence-corrected chi connectivity index (χ2v) is 3.58. The van der Waals surface area contributed by atoms with E-state index in [2.05, 4.69) is 0 Å². The van der Waals surface area contributed by atoms with E-state index in [9.17, 15) is 19.8 Å². The highest BCUT2D eigenvalue weighted by atomic mass is 16.3. The largest absolute Gasteiger partial charge is 0.382 e. The Kier molecular flexibility index (Phi) is 2.68. The van der Waals surface area contributed by atoms with Gasteiger partial charge in [-0.2, -0.15) is 0 Å². The number of hydrogen-bond donors (Lipinski definition) is 2. The normalized spacial score (nSPS) is 25.5. The Morgan fingerprint density at radius 1 is 0.938 bits per heavy atom. The number of carbonyl (C=O) groups excluding carboxylic acids is 2. The topological polar surface area (TPSA) is 74.6 Å². The molecule has 16 heavy (non-hydrogen) atoms. The van der Waals surface area contributed by atoms with E-state index < -0.39 is 23.8 Å². The molecular formula is C12H10O4. The van der Waals surface area contributed by atoms with Crippen LogP contribution in [-0.2, 0) is 9.59 Å². The quantitative estimate of drug-likeness (QED) is 0.692. The van der Waals surface area contributed by atoms with Crippen LogP contribution in [0.5, 0.6) is 0 Å². The van der Waals surface area contributed by atoms with Gasteiger partial charge in [0.2, 0.25) is 0 Å². The fraction of sp³-hybridized carbons (Fsp3) is 0.167. The van der Waals surface area contributed by atoms with E-state index in [1.165, 1.54) is 0 Å². The molecule has 0 fully saturated rings. The summed E-state index contributed by atoms with van der Waals surface area (Å²) in [6.07, 6.45) is -2.22. The summed E-state index contributed by atoms with van der Waals surface area (Å²) in [6, 6.07) is 8.57. The van der Waals surface area contributed by atoms with Gasteiger partial charge in [0.05, 0.1) is 0 Å². The molecule has 1 aliphatic rings. The lowest BCUT2D eigenvalue weighted by Gasteiger charge is -2.21. The van der Waals surface area contributed by atoms with E-state index in [-0.39, 0.29) is 5.57 Å². The highest BCUT2D eigenvalue weighted by molar-refractivity contribution is 6.30. The first kappa shape index (κ1) is 10.7. The number of aliphatic hydroxyl groups is 2. The zero-order valence-corrected chi connectivity index (χ0v) is 8.33. The van der Waals surface area contributed by atoms with Crippen molar-refractivity contribution in [3.63, 3.8) is 0 Å². The van der Waals surface area contributed by atoms with Gasteiger partial charge in [-0.1, -0.05) is 30.3 Å². The van der Waals surface area contributed by atoms with Gasteiger partial charge in [0.15, 0.2) is 17.7 Å². The smallest absolute Gasteiger partial charge is 0.195 e. The minimum atomic E-state index is -1.66. The molecule has 0 spiro atoms. The molecule has 0 amide bonds. The molecule has 0 bridgehead atoms. The van der Waals surface area contributed by atoms with Crippen molar-refractivity contribution >= 4 is 17.1 Å². The maximum absolute atomic E-state index is 11.7. The molecule has 0 aliphatic heterocycles. The third-order valence-electron chi connectivity index (χ3n) is 2.50. The summed E-state index contributed by atoms with van der Waals surface area (Å²) in [5, 5.41) is 18.6. The third kappa shape index (κ3) is 1.68. The van der Waals surface area contributed by atoms with E-state index in [1.807, 2.05) is 0 Å². The molecule has 2 atom stereocenters. The van der Waals surface area contributed by atoms with Crippen LogP contribution in [0.15, 0.2) is 36.4 Å². The van der Waals surface area contributed by atoms with Crippen molar-refractivity contribution in [3.05, 3.63) is 42.0 Å². The molecule has 0 saturated carbocycles. The first-order valence-corrected chi connectivity index (χ1v) is 4.82. The van der Waals surface area contributed by atoms with Gasteiger partial charge in [-0.15, -0.1) is 0 Å². The van der Waals surface area contributed by atoms with Crippen molar-refractivity contribution in [2.75, 3.05) is 0 Å². The van der Waals surface area contributed by atoms with Crippen LogP contribution in [0.25, 0.3) is 5.57 Å². The minimum Gasteiger partial charge on any atom is -0.382 e. The summed E-state index contributed by atoms with van der Waals surface area (Å²) in [6.45, 7) is 0. The minimum absolute atomic E-state index is 0.142. The summed E-state index contributed by atoms with van der Waals surface area (Å²) in [7, 11) is 0. The fourth-order valence-electron chi connectivity index (χ4n) is 1.60. The Balaban J connectivity index is 2.46. The highest BCUT2D eigenvalue weighted by Gasteiger charge is 2.36. The predicted molar refractivity (Wildman–Crippen MR) is 56.4 cm³/mol. The average Bonchev–Trinajstić information content (AvgIpc) is 2.32. The molecule has 2 N–H and O–H groups in total. The average molecular weight is 218 g/mol. The Morgan fingerprint density at radius 3 is 2.19 bits per heavy atom. The molecule has 4 nitrogen and oxygen atoms in total. The molecule has 0 heterocycles. The molecule has 4 heteroatoms. The first-order chi connectivity index (χ1) is 7.61. The lowest BCUT2D eigenvalue weighted by atomic mass is 9.88. The van der Waals surface area contributed by atoms with Crippen LogP contribution in [0.1, 0.15) is 5.56 Å². The van der Waals surface area contributed by atoms with Crippen molar-refractivity contribution in [1.82, 2.24) is 0 Å². The first-order valence-electron chi connectivity index (χ1n) is 4.82. The molecule has 0 saturated heterocycles. The van der Waals surface area contributed by atoms with Crippen molar-refractivity contribution in [3.8, 4) is 0 Å². The molecule has 0 unspecified atom stereocenters. The Bertz CT molecular complexity index is 461. The van der Waals surface area contributed by atoms with E-state index in [0.717, 1.165) is 6.08 Å². The lowest BCUT2D eigenvalue weighted by molar-refractivity contribution is -0.138. The molecule has 82 valence electrons. The van der Waals surface area contributed by atoms with Gasteiger partial charge < -0.3 is 10.2 Å². The lowest BCUT2D eigenvalue weighted by Crippen LogP contribution is -2.43. The van der Waals surface area contributed by atoms with E-state index in [0.29, 0.717) is 5.56 Å². The van der Waals surface area contributed by atoms with Crippen LogP contribution >= 0.6 is 0 Å². The van der Waals surface area contributed by atoms with Gasteiger partial charge in [0.25, 0.3) is 0 Å². The van der Waals surface area contributed by atoms with E-state index >= 15 is 0 Å². The van der Waals surface area contributed by atoms with E-state index in [1.54, 1.807) is 30.3 Å². The summed E-state index contributed by atoms with van der Waals surface area (Å²) in [5.41, 5.74) is 0.704. The second kappa shape index (κ2) is 4.00. The number of carbonyl (C=O) groups is 2. The van der Waals surface area contributed by atoms with Crippen LogP contribution in [0.4, 0.5) is 0 Å². The Hall–Kier alpha value is -1.78. The standard InChI is InChI=1S/C12H10O4/c13-9-6-8(7-4-2-1-3-5-7)10(14)12(16)11(9)15/h1-6,11-12,15-16H/t11-,12+/m1/s1. The van der Waals surface area contributed by atoms with Crippen LogP contribution < -0.4 is 0 Å². The fourth-order valence-corrected chi connectivity index (χ4v) is 1.60. The zero-order chi connectivity index (χ0) is 11.7. The van der Waals surface area contributed by atoms with Crippen molar-refractivity contribution in [1.29, 1.82) is 0 Å². The number of rotatable bonds is 1. The zero-order valence-electron chi connectivity index (χ0n) is 8.33. The Labute approximate surface area is 91.8 Å². The van der Waals surface area contributed by atoms with E-state index in [4.69, 9.17) is 0 Å². The summed E-state index contributed by atoms with van der Waals surface area (Å²) in [4.78, 5) is 22.9. The van der Waals surface area contributed by atoms with Gasteiger partial charge >= 0.3 is 0 Å². The Morgan fingerprint density at radius 2 is 1.56 bits per heavy atom. The number of ketones is 2. The molecule has 0 aromatic heterocycles. The van der Waals surface area contributed by atoms with Crippen LogP contribution in [-0.4, -0.2) is 34.0 Å². The summed E-state index contributed by atoms with van der Waals surface area (Å²) >= 11 is 0. The molecule has 0 radical (unpaired) electrons. The monoisotopic (exact) mass is 218 g/mol. The van der Waals surface area contributed by atoms with Gasteiger partial charge in [0, 0.05) is 5.57 Å². The number of benzene rings is 1. The SMILES string of the molecule is O=C1C=C(c2ccccc2)C(=O)[C@H](O)[C@@H]1O. The second-order valence-electron chi connectivity index (χ2n) is 3.58. The number of aliphatic hydroxyl groups excluding tert-OH is 2. The van der Waals surface area contributed by atoms with Crippen LogP contribution in [0, 0.1) is 0 Å². The molecular weight excluding hydrogens is 208 g/mol.